The summed E-state index contributed by atoms with van der Waals surface area (Å²) in [6, 6.07) is 18.9. The van der Waals surface area contributed by atoms with E-state index in [-0.39, 0.29) is 5.78 Å². The number of ketones is 1. The van der Waals surface area contributed by atoms with Gasteiger partial charge in [0, 0.05) is 6.07 Å². The van der Waals surface area contributed by atoms with Crippen LogP contribution in [0, 0.1) is 6.92 Å². The molecule has 1 aliphatic rings. The molecule has 0 N–H and O–H groups in total. The molecule has 0 bridgehead atoms. The highest BCUT2D eigenvalue weighted by atomic mass is 16.5. The van der Waals surface area contributed by atoms with Crippen molar-refractivity contribution < 1.29 is 23.7 Å². The van der Waals surface area contributed by atoms with Crippen molar-refractivity contribution in [3.63, 3.8) is 0 Å². The van der Waals surface area contributed by atoms with Crippen LogP contribution in [-0.4, -0.2) is 19.5 Å². The zero-order chi connectivity index (χ0) is 21.8. The number of aryl methyl sites for hydroxylation is 1. The summed E-state index contributed by atoms with van der Waals surface area (Å²) in [7, 11) is 1.64. The van der Waals surface area contributed by atoms with Gasteiger partial charge in [-0.15, -0.1) is 0 Å². The normalized spacial score (nSPS) is 13.6. The van der Waals surface area contributed by atoms with Gasteiger partial charge in [0.05, 0.1) is 19.3 Å². The van der Waals surface area contributed by atoms with E-state index in [2.05, 4.69) is 0 Å². The lowest BCUT2D eigenvalue weighted by molar-refractivity contribution is 0.101. The second-order valence-electron chi connectivity index (χ2n) is 7.19. The number of fused-ring (bicyclic) bond motifs is 1. The molecule has 0 radical (unpaired) electrons. The number of ether oxygens (including phenoxy) is 4. The second kappa shape index (κ2) is 8.96. The van der Waals surface area contributed by atoms with Gasteiger partial charge >= 0.3 is 0 Å². The fourth-order valence-corrected chi connectivity index (χ4v) is 3.43. The minimum atomic E-state index is -0.122. The van der Waals surface area contributed by atoms with Gasteiger partial charge in [0.25, 0.3) is 0 Å². The minimum Gasteiger partial charge on any atom is -0.497 e. The summed E-state index contributed by atoms with van der Waals surface area (Å²) in [5.41, 5.74) is 3.29. The van der Waals surface area contributed by atoms with E-state index in [1.165, 1.54) is 0 Å². The first-order valence-electron chi connectivity index (χ1n) is 10.1. The number of hydrogen-bond acceptors (Lipinski definition) is 5. The van der Waals surface area contributed by atoms with Crippen molar-refractivity contribution >= 4 is 11.9 Å². The molecule has 0 unspecified atom stereocenters. The van der Waals surface area contributed by atoms with Gasteiger partial charge in [0.1, 0.15) is 29.6 Å². The largest absolute Gasteiger partial charge is 0.497 e. The van der Waals surface area contributed by atoms with Crippen LogP contribution in [0.5, 0.6) is 23.0 Å². The topological polar surface area (TPSA) is 54.0 Å². The second-order valence-corrected chi connectivity index (χ2v) is 7.19. The molecule has 0 aliphatic carbocycles. The van der Waals surface area contributed by atoms with Gasteiger partial charge < -0.3 is 18.9 Å². The Kier molecular flexibility index (Phi) is 5.94. The number of allylic oxidation sites excluding steroid dienone is 1. The molecular weight excluding hydrogens is 392 g/mol. The molecule has 4 rings (SSSR count). The van der Waals surface area contributed by atoms with Gasteiger partial charge in [0.2, 0.25) is 5.78 Å². The Morgan fingerprint density at radius 2 is 1.61 bits per heavy atom. The lowest BCUT2D eigenvalue weighted by Gasteiger charge is -2.09. The number of hydrogen-bond donors (Lipinski definition) is 0. The van der Waals surface area contributed by atoms with Crippen LogP contribution >= 0.6 is 0 Å². The highest BCUT2D eigenvalue weighted by Gasteiger charge is 2.30. The molecule has 0 amide bonds. The lowest BCUT2D eigenvalue weighted by Crippen LogP contribution is -2.00. The summed E-state index contributed by atoms with van der Waals surface area (Å²) in [5.74, 6) is 2.95. The first-order chi connectivity index (χ1) is 15.1. The molecule has 0 saturated carbocycles. The highest BCUT2D eigenvalue weighted by molar-refractivity contribution is 6.15. The first kappa shape index (κ1) is 20.5. The number of carbonyl (C=O) groups excluding carboxylic acids is 1. The molecule has 0 atom stereocenters. The maximum absolute atomic E-state index is 12.9. The third-order valence-corrected chi connectivity index (χ3v) is 5.00. The van der Waals surface area contributed by atoms with Crippen LogP contribution in [0.2, 0.25) is 0 Å². The Balaban J connectivity index is 1.50. The van der Waals surface area contributed by atoms with Crippen LogP contribution in [0.1, 0.15) is 34.0 Å². The number of rotatable bonds is 7. The number of Topliss-reactive ketones (excluding diaryl/α,β-unsaturated/α-hetero) is 1. The van der Waals surface area contributed by atoms with Crippen LogP contribution in [0.4, 0.5) is 0 Å². The van der Waals surface area contributed by atoms with Crippen LogP contribution in [0.3, 0.4) is 0 Å². The van der Waals surface area contributed by atoms with E-state index < -0.39 is 0 Å². The van der Waals surface area contributed by atoms with Crippen molar-refractivity contribution in [2.45, 2.75) is 20.5 Å². The van der Waals surface area contributed by atoms with Gasteiger partial charge in [-0.25, -0.2) is 0 Å². The average molecular weight is 416 g/mol. The average Bonchev–Trinajstić information content (AvgIpc) is 3.09. The summed E-state index contributed by atoms with van der Waals surface area (Å²) >= 11 is 0. The molecule has 31 heavy (non-hydrogen) atoms. The molecule has 0 aromatic heterocycles. The standard InChI is InChI=1S/C26H24O5/c1-4-29-21-11-5-18(6-12-21)14-24-26(27)25-17(2)13-22(15-23(25)31-24)30-16-19-7-9-20(28-3)10-8-19/h5-15H,4,16H2,1-3H3/b24-14-. The number of carbonyl (C=O) groups is 1. The van der Waals surface area contributed by atoms with Crippen molar-refractivity contribution in [3.05, 3.63) is 88.7 Å². The van der Waals surface area contributed by atoms with Crippen LogP contribution in [0.25, 0.3) is 6.08 Å². The predicted octanol–water partition coefficient (Wildman–Crippen LogP) is 5.60. The fourth-order valence-electron chi connectivity index (χ4n) is 3.43. The Hall–Kier alpha value is -3.73. The summed E-state index contributed by atoms with van der Waals surface area (Å²) < 4.78 is 22.5. The van der Waals surface area contributed by atoms with E-state index in [1.54, 1.807) is 19.3 Å². The van der Waals surface area contributed by atoms with E-state index in [4.69, 9.17) is 18.9 Å². The van der Waals surface area contributed by atoms with Crippen molar-refractivity contribution in [1.29, 1.82) is 0 Å². The monoisotopic (exact) mass is 416 g/mol. The smallest absolute Gasteiger partial charge is 0.232 e. The van der Waals surface area contributed by atoms with Crippen LogP contribution in [-0.2, 0) is 6.61 Å². The van der Waals surface area contributed by atoms with E-state index in [0.29, 0.717) is 36.0 Å². The third kappa shape index (κ3) is 4.56. The molecule has 0 saturated heterocycles. The van der Waals surface area contributed by atoms with Crippen molar-refractivity contribution in [3.8, 4) is 23.0 Å². The van der Waals surface area contributed by atoms with Gasteiger partial charge in [-0.1, -0.05) is 24.3 Å². The van der Waals surface area contributed by atoms with Gasteiger partial charge in [0.15, 0.2) is 5.76 Å². The van der Waals surface area contributed by atoms with Gasteiger partial charge in [-0.2, -0.15) is 0 Å². The molecule has 5 nitrogen and oxygen atoms in total. The summed E-state index contributed by atoms with van der Waals surface area (Å²) in [6.45, 7) is 4.85. The quantitative estimate of drug-likeness (QED) is 0.470. The van der Waals surface area contributed by atoms with E-state index in [9.17, 15) is 4.79 Å². The molecule has 0 spiro atoms. The van der Waals surface area contributed by atoms with Gasteiger partial charge in [-0.05, 0) is 66.9 Å². The number of methoxy groups -OCH3 is 1. The fraction of sp³-hybridized carbons (Fsp3) is 0.192. The van der Waals surface area contributed by atoms with Crippen molar-refractivity contribution in [2.75, 3.05) is 13.7 Å². The molecular formula is C26H24O5. The highest BCUT2D eigenvalue weighted by Crippen LogP contribution is 2.37. The lowest BCUT2D eigenvalue weighted by atomic mass is 10.0. The third-order valence-electron chi connectivity index (χ3n) is 5.00. The van der Waals surface area contributed by atoms with Crippen molar-refractivity contribution in [1.82, 2.24) is 0 Å². The maximum atomic E-state index is 12.9. The first-order valence-corrected chi connectivity index (χ1v) is 10.1. The van der Waals surface area contributed by atoms with Crippen LogP contribution < -0.4 is 18.9 Å². The summed E-state index contributed by atoms with van der Waals surface area (Å²) in [5, 5.41) is 0. The van der Waals surface area contributed by atoms with E-state index >= 15 is 0 Å². The molecule has 3 aromatic carbocycles. The molecule has 3 aromatic rings. The van der Waals surface area contributed by atoms with E-state index in [0.717, 1.165) is 28.2 Å². The minimum absolute atomic E-state index is 0.122. The Labute approximate surface area is 181 Å². The van der Waals surface area contributed by atoms with Crippen LogP contribution in [0.15, 0.2) is 66.4 Å². The summed E-state index contributed by atoms with van der Waals surface area (Å²) in [4.78, 5) is 12.9. The zero-order valence-corrected chi connectivity index (χ0v) is 17.8. The Morgan fingerprint density at radius 1 is 0.903 bits per heavy atom. The van der Waals surface area contributed by atoms with E-state index in [1.807, 2.05) is 68.4 Å². The molecule has 0 fully saturated rings. The Bertz CT molecular complexity index is 1110. The molecule has 1 heterocycles. The molecule has 1 aliphatic heterocycles. The zero-order valence-electron chi connectivity index (χ0n) is 17.8. The summed E-state index contributed by atoms with van der Waals surface area (Å²) in [6.07, 6.45) is 1.75. The van der Waals surface area contributed by atoms with Gasteiger partial charge in [-0.3, -0.25) is 4.79 Å². The SMILES string of the molecule is CCOc1ccc(/C=C2\Oc3cc(OCc4ccc(OC)cc4)cc(C)c3C2=O)cc1. The molecule has 5 heteroatoms. The number of benzene rings is 3. The molecule has 158 valence electrons. The maximum Gasteiger partial charge on any atom is 0.232 e. The van der Waals surface area contributed by atoms with Crippen molar-refractivity contribution in [2.24, 2.45) is 0 Å². The predicted molar refractivity (Wildman–Crippen MR) is 119 cm³/mol. The Morgan fingerprint density at radius 3 is 2.29 bits per heavy atom.